The zero-order valence-corrected chi connectivity index (χ0v) is 18.1. The highest BCUT2D eigenvalue weighted by atomic mass is 16.6. The van der Waals surface area contributed by atoms with E-state index in [0.29, 0.717) is 19.3 Å². The molecule has 28 heavy (non-hydrogen) atoms. The normalized spacial score (nSPS) is 18.4. The fourth-order valence-electron chi connectivity index (χ4n) is 3.62. The highest BCUT2D eigenvalue weighted by Crippen LogP contribution is 2.36. The van der Waals surface area contributed by atoms with E-state index in [1.807, 2.05) is 13.8 Å². The van der Waals surface area contributed by atoms with Crippen molar-refractivity contribution in [2.75, 3.05) is 0 Å². The van der Waals surface area contributed by atoms with Gasteiger partial charge in [0.2, 0.25) is 11.8 Å². The Bertz CT molecular complexity index is 579. The van der Waals surface area contributed by atoms with Crippen LogP contribution in [0.4, 0.5) is 4.79 Å². The molecule has 0 heterocycles. The van der Waals surface area contributed by atoms with E-state index in [4.69, 9.17) is 10.5 Å². The molecule has 1 aliphatic carbocycles. The van der Waals surface area contributed by atoms with Crippen LogP contribution in [0.3, 0.4) is 0 Å². The Kier molecular flexibility index (Phi) is 7.88. The van der Waals surface area contributed by atoms with Gasteiger partial charge in [-0.1, -0.05) is 27.2 Å². The van der Waals surface area contributed by atoms with Crippen LogP contribution >= 0.6 is 0 Å². The quantitative estimate of drug-likeness (QED) is 0.471. The van der Waals surface area contributed by atoms with Gasteiger partial charge in [0, 0.05) is 0 Å². The first-order valence-electron chi connectivity index (χ1n) is 10.0. The molecule has 0 aliphatic heterocycles. The first-order valence-corrected chi connectivity index (χ1v) is 10.0. The molecule has 5 N–H and O–H groups in total. The van der Waals surface area contributed by atoms with Gasteiger partial charge in [-0.2, -0.15) is 0 Å². The zero-order valence-electron chi connectivity index (χ0n) is 18.1. The molecule has 8 nitrogen and oxygen atoms in total. The van der Waals surface area contributed by atoms with E-state index in [0.717, 1.165) is 19.3 Å². The van der Waals surface area contributed by atoms with Crippen LogP contribution in [0.5, 0.6) is 0 Å². The number of hydrogen-bond donors (Lipinski definition) is 4. The van der Waals surface area contributed by atoms with E-state index in [1.54, 1.807) is 20.8 Å². The van der Waals surface area contributed by atoms with Gasteiger partial charge in [0.1, 0.15) is 11.6 Å². The van der Waals surface area contributed by atoms with E-state index >= 15 is 0 Å². The highest BCUT2D eigenvalue weighted by Gasteiger charge is 2.48. The maximum atomic E-state index is 13.0. The first kappa shape index (κ1) is 24.2. The standard InChI is InChI=1S/C20H37N3O5/c1-7-9-19(5,6)12-13(22-17(27)28-18(2,3)4)16(26)23-20(10-8-11-20)14(24)15(21)25/h13-14,24H,7-12H2,1-6H3,(H2,21,25)(H,22,27)(H,23,26)/t13-,14?/m0/s1. The highest BCUT2D eigenvalue weighted by molar-refractivity contribution is 5.88. The van der Waals surface area contributed by atoms with Gasteiger partial charge in [-0.3, -0.25) is 9.59 Å². The lowest BCUT2D eigenvalue weighted by atomic mass is 9.72. The molecule has 162 valence electrons. The minimum Gasteiger partial charge on any atom is -0.444 e. The summed E-state index contributed by atoms with van der Waals surface area (Å²) in [4.78, 5) is 36.8. The molecule has 1 fully saturated rings. The molecular weight excluding hydrogens is 362 g/mol. The predicted molar refractivity (Wildman–Crippen MR) is 106 cm³/mol. The summed E-state index contributed by atoms with van der Waals surface area (Å²) in [5.41, 5.74) is 3.29. The van der Waals surface area contributed by atoms with Crippen molar-refractivity contribution >= 4 is 17.9 Å². The summed E-state index contributed by atoms with van der Waals surface area (Å²) in [5, 5.41) is 15.6. The van der Waals surface area contributed by atoms with Gasteiger partial charge in [-0.15, -0.1) is 0 Å². The van der Waals surface area contributed by atoms with Crippen molar-refractivity contribution in [2.24, 2.45) is 11.1 Å². The van der Waals surface area contributed by atoms with Crippen molar-refractivity contribution in [3.8, 4) is 0 Å². The van der Waals surface area contributed by atoms with E-state index in [1.165, 1.54) is 0 Å². The van der Waals surface area contributed by atoms with Gasteiger partial charge in [0.05, 0.1) is 5.54 Å². The van der Waals surface area contributed by atoms with Crippen LogP contribution in [-0.2, 0) is 14.3 Å². The number of alkyl carbamates (subject to hydrolysis) is 1. The second-order valence-electron chi connectivity index (χ2n) is 9.62. The van der Waals surface area contributed by atoms with Crippen LogP contribution in [0.1, 0.15) is 80.1 Å². The minimum atomic E-state index is -1.46. The number of nitrogens with two attached hydrogens (primary N) is 1. The summed E-state index contributed by atoms with van der Waals surface area (Å²) < 4.78 is 5.30. The molecule has 0 bridgehead atoms. The van der Waals surface area contributed by atoms with Crippen molar-refractivity contribution in [1.82, 2.24) is 10.6 Å². The Morgan fingerprint density at radius 1 is 1.18 bits per heavy atom. The fraction of sp³-hybridized carbons (Fsp3) is 0.850. The lowest BCUT2D eigenvalue weighted by molar-refractivity contribution is -0.138. The van der Waals surface area contributed by atoms with Crippen LogP contribution in [0.25, 0.3) is 0 Å². The summed E-state index contributed by atoms with van der Waals surface area (Å²) in [5.74, 6) is -1.32. The number of primary amides is 1. The maximum absolute atomic E-state index is 13.0. The minimum absolute atomic E-state index is 0.194. The van der Waals surface area contributed by atoms with Crippen LogP contribution in [-0.4, -0.2) is 46.3 Å². The molecule has 1 saturated carbocycles. The number of ether oxygens (including phenoxy) is 1. The van der Waals surface area contributed by atoms with Gasteiger partial charge in [0.15, 0.2) is 6.10 Å². The number of amides is 3. The monoisotopic (exact) mass is 399 g/mol. The number of aliphatic hydroxyl groups is 1. The van der Waals surface area contributed by atoms with E-state index in [2.05, 4.69) is 17.6 Å². The predicted octanol–water partition coefficient (Wildman–Crippen LogP) is 1.98. The van der Waals surface area contributed by atoms with Gasteiger partial charge < -0.3 is 26.2 Å². The number of nitrogens with one attached hydrogen (secondary N) is 2. The van der Waals surface area contributed by atoms with Crippen molar-refractivity contribution in [3.63, 3.8) is 0 Å². The van der Waals surface area contributed by atoms with Gasteiger partial charge in [-0.25, -0.2) is 4.79 Å². The molecule has 1 unspecified atom stereocenters. The lowest BCUT2D eigenvalue weighted by Crippen LogP contribution is -2.67. The topological polar surface area (TPSA) is 131 Å². The third-order valence-corrected chi connectivity index (χ3v) is 5.10. The maximum Gasteiger partial charge on any atom is 0.408 e. The third-order valence-electron chi connectivity index (χ3n) is 5.10. The van der Waals surface area contributed by atoms with Crippen molar-refractivity contribution < 1.29 is 24.2 Å². The molecule has 0 aromatic rings. The number of carbonyl (C=O) groups excluding carboxylic acids is 3. The summed E-state index contributed by atoms with van der Waals surface area (Å²) in [6.45, 7) is 11.4. The van der Waals surface area contributed by atoms with E-state index < -0.39 is 41.2 Å². The number of carbonyl (C=O) groups is 3. The zero-order chi connectivity index (χ0) is 21.8. The number of aliphatic hydroxyl groups excluding tert-OH is 1. The van der Waals surface area contributed by atoms with E-state index in [9.17, 15) is 19.5 Å². The van der Waals surface area contributed by atoms with Gasteiger partial charge in [-0.05, 0) is 58.3 Å². The number of rotatable bonds is 9. The molecule has 1 rings (SSSR count). The average molecular weight is 400 g/mol. The molecule has 0 radical (unpaired) electrons. The van der Waals surface area contributed by atoms with Crippen LogP contribution in [0, 0.1) is 5.41 Å². The molecule has 0 aromatic heterocycles. The van der Waals surface area contributed by atoms with Gasteiger partial charge >= 0.3 is 6.09 Å². The first-order chi connectivity index (χ1) is 12.7. The Balaban J connectivity index is 2.97. The second-order valence-corrected chi connectivity index (χ2v) is 9.62. The van der Waals surface area contributed by atoms with Crippen molar-refractivity contribution in [2.45, 2.75) is 103 Å². The summed E-state index contributed by atoms with van der Waals surface area (Å²) in [6.07, 6.45) is 1.76. The fourth-order valence-corrected chi connectivity index (χ4v) is 3.62. The summed E-state index contributed by atoms with van der Waals surface area (Å²) in [7, 11) is 0. The van der Waals surface area contributed by atoms with Crippen LogP contribution < -0.4 is 16.4 Å². The van der Waals surface area contributed by atoms with Gasteiger partial charge in [0.25, 0.3) is 0 Å². The Morgan fingerprint density at radius 3 is 2.14 bits per heavy atom. The molecule has 0 aromatic carbocycles. The second kappa shape index (κ2) is 9.11. The molecule has 0 spiro atoms. The lowest BCUT2D eigenvalue weighted by Gasteiger charge is -2.45. The SMILES string of the molecule is CCCC(C)(C)C[C@H](NC(=O)OC(C)(C)C)C(=O)NC1(C(O)C(N)=O)CCC1. The van der Waals surface area contributed by atoms with E-state index in [-0.39, 0.29) is 5.41 Å². The molecule has 8 heteroatoms. The largest absolute Gasteiger partial charge is 0.444 e. The third kappa shape index (κ3) is 6.96. The Hall–Kier alpha value is -1.83. The summed E-state index contributed by atoms with van der Waals surface area (Å²) >= 11 is 0. The summed E-state index contributed by atoms with van der Waals surface area (Å²) in [6, 6.07) is -0.853. The molecule has 1 aliphatic rings. The van der Waals surface area contributed by atoms with Crippen molar-refractivity contribution in [1.29, 1.82) is 0 Å². The molecule has 0 saturated heterocycles. The smallest absolute Gasteiger partial charge is 0.408 e. The Labute approximate surface area is 167 Å². The van der Waals surface area contributed by atoms with Crippen LogP contribution in [0.15, 0.2) is 0 Å². The van der Waals surface area contributed by atoms with Crippen LogP contribution in [0.2, 0.25) is 0 Å². The molecular formula is C20H37N3O5. The average Bonchev–Trinajstić information content (AvgIpc) is 2.46. The molecule has 3 amide bonds. The number of hydrogen-bond acceptors (Lipinski definition) is 5. The Morgan fingerprint density at radius 2 is 1.75 bits per heavy atom. The van der Waals surface area contributed by atoms with Crippen molar-refractivity contribution in [3.05, 3.63) is 0 Å². The molecule has 2 atom stereocenters.